The topological polar surface area (TPSA) is 46.3 Å². The molecule has 2 atom stereocenters. The molecule has 16 heavy (non-hydrogen) atoms. The maximum Gasteiger partial charge on any atom is 0.315 e. The molecule has 2 unspecified atom stereocenters. The highest BCUT2D eigenvalue weighted by atomic mass is 32.2. The standard InChI is InChI=1S/C12H16N2OS/c1-9-11(10-5-3-2-4-6-10)14(12(13)15)7-8-16-9/h2-6,9,11H,7-8H2,1H3,(H2,13,15). The lowest BCUT2D eigenvalue weighted by molar-refractivity contribution is 0.185. The molecule has 0 saturated carbocycles. The fourth-order valence-corrected chi connectivity index (χ4v) is 3.33. The van der Waals surface area contributed by atoms with Crippen LogP contribution in [0.4, 0.5) is 4.79 Å². The van der Waals surface area contributed by atoms with E-state index in [0.29, 0.717) is 5.25 Å². The molecule has 86 valence electrons. The number of thioether (sulfide) groups is 1. The number of amides is 2. The van der Waals surface area contributed by atoms with Gasteiger partial charge in [-0.25, -0.2) is 4.79 Å². The third-order valence-electron chi connectivity index (χ3n) is 2.92. The molecule has 1 fully saturated rings. The number of urea groups is 1. The van der Waals surface area contributed by atoms with Gasteiger partial charge < -0.3 is 10.6 Å². The van der Waals surface area contributed by atoms with Crippen LogP contribution in [0.25, 0.3) is 0 Å². The predicted octanol–water partition coefficient (Wildman–Crippen LogP) is 2.24. The van der Waals surface area contributed by atoms with Crippen molar-refractivity contribution in [2.45, 2.75) is 18.2 Å². The van der Waals surface area contributed by atoms with Crippen LogP contribution in [0.5, 0.6) is 0 Å². The third-order valence-corrected chi connectivity index (χ3v) is 4.12. The van der Waals surface area contributed by atoms with Crippen LogP contribution in [0.1, 0.15) is 18.5 Å². The van der Waals surface area contributed by atoms with Gasteiger partial charge in [-0.3, -0.25) is 0 Å². The lowest BCUT2D eigenvalue weighted by Gasteiger charge is -2.38. The number of carbonyl (C=O) groups excluding carboxylic acids is 1. The van der Waals surface area contributed by atoms with Gasteiger partial charge in [-0.2, -0.15) is 11.8 Å². The van der Waals surface area contributed by atoms with Crippen LogP contribution < -0.4 is 5.73 Å². The Kier molecular flexibility index (Phi) is 3.39. The highest BCUT2D eigenvalue weighted by molar-refractivity contribution is 8.00. The second kappa shape index (κ2) is 4.78. The maximum absolute atomic E-state index is 11.4. The molecule has 2 amide bonds. The van der Waals surface area contributed by atoms with E-state index in [1.54, 1.807) is 4.90 Å². The number of benzene rings is 1. The largest absolute Gasteiger partial charge is 0.351 e. The molecule has 2 N–H and O–H groups in total. The van der Waals surface area contributed by atoms with Crippen molar-refractivity contribution >= 4 is 17.8 Å². The van der Waals surface area contributed by atoms with Crippen LogP contribution in [-0.2, 0) is 0 Å². The summed E-state index contributed by atoms with van der Waals surface area (Å²) in [5.74, 6) is 0.966. The van der Waals surface area contributed by atoms with Crippen molar-refractivity contribution in [3.05, 3.63) is 35.9 Å². The predicted molar refractivity (Wildman–Crippen MR) is 67.4 cm³/mol. The zero-order valence-corrected chi connectivity index (χ0v) is 10.1. The number of hydrogen-bond acceptors (Lipinski definition) is 2. The average Bonchev–Trinajstić information content (AvgIpc) is 2.29. The van der Waals surface area contributed by atoms with Crippen molar-refractivity contribution in [1.82, 2.24) is 4.90 Å². The Hall–Kier alpha value is -1.16. The molecule has 1 aliphatic rings. The zero-order chi connectivity index (χ0) is 11.5. The first-order valence-corrected chi connectivity index (χ1v) is 6.47. The quantitative estimate of drug-likeness (QED) is 0.813. The van der Waals surface area contributed by atoms with Crippen molar-refractivity contribution in [1.29, 1.82) is 0 Å². The van der Waals surface area contributed by atoms with Crippen LogP contribution >= 0.6 is 11.8 Å². The summed E-state index contributed by atoms with van der Waals surface area (Å²) in [5, 5.41) is 0.392. The normalized spacial score (nSPS) is 25.4. The summed E-state index contributed by atoms with van der Waals surface area (Å²) < 4.78 is 0. The van der Waals surface area contributed by atoms with E-state index in [9.17, 15) is 4.79 Å². The first-order valence-electron chi connectivity index (χ1n) is 5.43. The fourth-order valence-electron chi connectivity index (χ4n) is 2.17. The average molecular weight is 236 g/mol. The van der Waals surface area contributed by atoms with E-state index in [0.717, 1.165) is 12.3 Å². The Bertz CT molecular complexity index is 369. The molecule has 1 aromatic carbocycles. The molecule has 1 heterocycles. The Morgan fingerprint density at radius 3 is 2.75 bits per heavy atom. The number of hydrogen-bond donors (Lipinski definition) is 1. The van der Waals surface area contributed by atoms with Crippen LogP contribution in [0.2, 0.25) is 0 Å². The molecular weight excluding hydrogens is 220 g/mol. The number of carbonyl (C=O) groups is 1. The van der Waals surface area contributed by atoms with Crippen molar-refractivity contribution in [3.8, 4) is 0 Å². The van der Waals surface area contributed by atoms with Gasteiger partial charge in [-0.1, -0.05) is 37.3 Å². The number of rotatable bonds is 1. The summed E-state index contributed by atoms with van der Waals surface area (Å²) in [5.41, 5.74) is 6.60. The van der Waals surface area contributed by atoms with Gasteiger partial charge in [0.2, 0.25) is 0 Å². The van der Waals surface area contributed by atoms with Gasteiger partial charge >= 0.3 is 6.03 Å². The molecule has 0 bridgehead atoms. The SMILES string of the molecule is CC1SCCN(C(N)=O)C1c1ccccc1. The van der Waals surface area contributed by atoms with Crippen molar-refractivity contribution in [2.75, 3.05) is 12.3 Å². The minimum absolute atomic E-state index is 0.109. The monoisotopic (exact) mass is 236 g/mol. The minimum atomic E-state index is -0.319. The van der Waals surface area contributed by atoms with E-state index in [1.807, 2.05) is 30.0 Å². The first-order chi connectivity index (χ1) is 7.70. The maximum atomic E-state index is 11.4. The van der Waals surface area contributed by atoms with Gasteiger partial charge in [0.1, 0.15) is 0 Å². The van der Waals surface area contributed by atoms with Crippen molar-refractivity contribution in [2.24, 2.45) is 5.73 Å². The van der Waals surface area contributed by atoms with Crippen LogP contribution in [0.15, 0.2) is 30.3 Å². The Balaban J connectivity index is 2.30. The van der Waals surface area contributed by atoms with Crippen LogP contribution in [-0.4, -0.2) is 28.5 Å². The summed E-state index contributed by atoms with van der Waals surface area (Å²) in [7, 11) is 0. The van der Waals surface area contributed by atoms with Crippen molar-refractivity contribution in [3.63, 3.8) is 0 Å². The molecule has 2 rings (SSSR count). The summed E-state index contributed by atoms with van der Waals surface area (Å²) in [6.07, 6.45) is 0. The van der Waals surface area contributed by atoms with E-state index in [1.165, 1.54) is 5.56 Å². The lowest BCUT2D eigenvalue weighted by Crippen LogP contribution is -2.46. The molecule has 4 heteroatoms. The number of nitrogens with zero attached hydrogens (tertiary/aromatic N) is 1. The zero-order valence-electron chi connectivity index (χ0n) is 9.30. The van der Waals surface area contributed by atoms with E-state index in [-0.39, 0.29) is 12.1 Å². The van der Waals surface area contributed by atoms with E-state index in [4.69, 9.17) is 5.73 Å². The van der Waals surface area contributed by atoms with E-state index in [2.05, 4.69) is 19.1 Å². The Morgan fingerprint density at radius 2 is 2.12 bits per heavy atom. The Morgan fingerprint density at radius 1 is 1.44 bits per heavy atom. The van der Waals surface area contributed by atoms with Gasteiger partial charge in [0, 0.05) is 17.5 Å². The molecule has 1 aromatic rings. The molecule has 0 radical (unpaired) electrons. The van der Waals surface area contributed by atoms with Gasteiger partial charge in [-0.15, -0.1) is 0 Å². The summed E-state index contributed by atoms with van der Waals surface area (Å²) in [4.78, 5) is 13.2. The lowest BCUT2D eigenvalue weighted by atomic mass is 10.0. The molecule has 1 saturated heterocycles. The third kappa shape index (κ3) is 2.16. The van der Waals surface area contributed by atoms with Crippen molar-refractivity contribution < 1.29 is 4.79 Å². The number of primary amides is 1. The smallest absolute Gasteiger partial charge is 0.315 e. The minimum Gasteiger partial charge on any atom is -0.351 e. The summed E-state index contributed by atoms with van der Waals surface area (Å²) in [6.45, 7) is 2.89. The molecule has 0 aliphatic carbocycles. The summed E-state index contributed by atoms with van der Waals surface area (Å²) in [6, 6.07) is 9.89. The highest BCUT2D eigenvalue weighted by Crippen LogP contribution is 2.35. The summed E-state index contributed by atoms with van der Waals surface area (Å²) >= 11 is 1.89. The van der Waals surface area contributed by atoms with Gasteiger partial charge in [0.05, 0.1) is 6.04 Å². The van der Waals surface area contributed by atoms with Gasteiger partial charge in [-0.05, 0) is 5.56 Å². The second-order valence-electron chi connectivity index (χ2n) is 3.96. The van der Waals surface area contributed by atoms with E-state index >= 15 is 0 Å². The second-order valence-corrected chi connectivity index (χ2v) is 5.45. The van der Waals surface area contributed by atoms with E-state index < -0.39 is 0 Å². The van der Waals surface area contributed by atoms with Gasteiger partial charge in [0.15, 0.2) is 0 Å². The van der Waals surface area contributed by atoms with Crippen LogP contribution in [0.3, 0.4) is 0 Å². The molecular formula is C12H16N2OS. The first kappa shape index (κ1) is 11.3. The fraction of sp³-hybridized carbons (Fsp3) is 0.417. The Labute approximate surface area is 100.0 Å². The number of nitrogens with two attached hydrogens (primary N) is 1. The molecule has 0 spiro atoms. The molecule has 3 nitrogen and oxygen atoms in total. The van der Waals surface area contributed by atoms with Crippen LogP contribution in [0, 0.1) is 0 Å². The molecule has 0 aromatic heterocycles. The molecule has 1 aliphatic heterocycles. The highest BCUT2D eigenvalue weighted by Gasteiger charge is 2.32. The van der Waals surface area contributed by atoms with Gasteiger partial charge in [0.25, 0.3) is 0 Å².